The van der Waals surface area contributed by atoms with Crippen LogP contribution in [-0.2, 0) is 0 Å². The number of pyridine rings is 1. The van der Waals surface area contributed by atoms with Gasteiger partial charge in [-0.05, 0) is 44.2 Å². The normalized spacial score (nSPS) is 12.7. The van der Waals surface area contributed by atoms with E-state index in [1.54, 1.807) is 0 Å². The highest BCUT2D eigenvalue weighted by molar-refractivity contribution is 7.99. The van der Waals surface area contributed by atoms with Gasteiger partial charge >= 0.3 is 0 Å². The molecule has 0 saturated carbocycles. The molecule has 2 aromatic rings. The van der Waals surface area contributed by atoms with Crippen LogP contribution in [0.4, 0.5) is 0 Å². The molecule has 4 nitrogen and oxygen atoms in total. The van der Waals surface area contributed by atoms with Crippen molar-refractivity contribution in [3.8, 4) is 0 Å². The molecule has 0 radical (unpaired) electrons. The fraction of sp³-hybridized carbons (Fsp3) is 0.385. The first-order chi connectivity index (χ1) is 8.60. The van der Waals surface area contributed by atoms with Crippen molar-refractivity contribution >= 4 is 11.8 Å². The van der Waals surface area contributed by atoms with E-state index < -0.39 is 0 Å². The van der Waals surface area contributed by atoms with Gasteiger partial charge in [-0.15, -0.1) is 0 Å². The second-order valence-corrected chi connectivity index (χ2v) is 5.18. The Bertz CT molecular complexity index is 502. The van der Waals surface area contributed by atoms with E-state index in [1.165, 1.54) is 11.8 Å². The van der Waals surface area contributed by atoms with E-state index in [2.05, 4.69) is 9.97 Å². The summed E-state index contributed by atoms with van der Waals surface area (Å²) >= 11 is 1.47. The molecule has 18 heavy (non-hydrogen) atoms. The molecule has 5 heteroatoms. The molecule has 0 aromatic carbocycles. The Labute approximate surface area is 111 Å². The van der Waals surface area contributed by atoms with E-state index >= 15 is 0 Å². The van der Waals surface area contributed by atoms with Gasteiger partial charge in [0.25, 0.3) is 5.22 Å². The lowest BCUT2D eigenvalue weighted by Gasteiger charge is -2.07. The van der Waals surface area contributed by atoms with Crippen LogP contribution in [0.15, 0.2) is 32.9 Å². The zero-order valence-corrected chi connectivity index (χ0v) is 11.6. The molecule has 0 saturated heterocycles. The van der Waals surface area contributed by atoms with Crippen LogP contribution in [-0.4, -0.2) is 9.97 Å². The van der Waals surface area contributed by atoms with Gasteiger partial charge in [0.15, 0.2) is 0 Å². The lowest BCUT2D eigenvalue weighted by Crippen LogP contribution is -2.10. The molecule has 0 spiro atoms. The molecule has 0 aliphatic rings. The molecule has 0 bridgehead atoms. The maximum absolute atomic E-state index is 5.92. The number of nitrogens with zero attached hydrogens (tertiary/aromatic N) is 2. The summed E-state index contributed by atoms with van der Waals surface area (Å²) in [6, 6.07) is 3.96. The predicted octanol–water partition coefficient (Wildman–Crippen LogP) is 3.25. The molecule has 2 rings (SSSR count). The highest BCUT2D eigenvalue weighted by Gasteiger charge is 2.09. The van der Waals surface area contributed by atoms with Crippen molar-refractivity contribution in [2.45, 2.75) is 43.4 Å². The van der Waals surface area contributed by atoms with E-state index in [-0.39, 0.29) is 6.04 Å². The van der Waals surface area contributed by atoms with Crippen LogP contribution in [0.3, 0.4) is 0 Å². The summed E-state index contributed by atoms with van der Waals surface area (Å²) in [5.41, 5.74) is 7.76. The third-order valence-electron chi connectivity index (χ3n) is 2.79. The zero-order valence-electron chi connectivity index (χ0n) is 10.8. The predicted molar refractivity (Wildman–Crippen MR) is 71.6 cm³/mol. The molecule has 96 valence electrons. The van der Waals surface area contributed by atoms with Gasteiger partial charge in [0.05, 0.1) is 11.4 Å². The molecular formula is C13H17N3OS. The Morgan fingerprint density at radius 3 is 2.67 bits per heavy atom. The number of nitrogens with two attached hydrogens (primary N) is 1. The molecule has 2 aromatic heterocycles. The zero-order chi connectivity index (χ0) is 13.1. The molecule has 0 aliphatic carbocycles. The second kappa shape index (κ2) is 5.54. The smallest absolute Gasteiger partial charge is 0.261 e. The van der Waals surface area contributed by atoms with Gasteiger partial charge in [0.2, 0.25) is 0 Å². The van der Waals surface area contributed by atoms with Crippen molar-refractivity contribution < 1.29 is 4.42 Å². The quantitative estimate of drug-likeness (QED) is 0.917. The first-order valence-corrected chi connectivity index (χ1v) is 6.75. The van der Waals surface area contributed by atoms with Crippen molar-refractivity contribution in [1.29, 1.82) is 0 Å². The minimum atomic E-state index is 0.00952. The molecule has 1 atom stereocenters. The van der Waals surface area contributed by atoms with E-state index in [4.69, 9.17) is 10.2 Å². The van der Waals surface area contributed by atoms with Crippen LogP contribution in [0.2, 0.25) is 0 Å². The minimum Gasteiger partial charge on any atom is -0.436 e. The highest BCUT2D eigenvalue weighted by atomic mass is 32.2. The van der Waals surface area contributed by atoms with Crippen LogP contribution in [0, 0.1) is 13.8 Å². The monoisotopic (exact) mass is 263 g/mol. The standard InChI is InChI=1S/C13H17N3OS/c1-4-11(14)12-6-5-10(7-15-12)18-13-16-8(2)9(3)17-13/h5-7,11H,4,14H2,1-3H3. The number of aromatic nitrogens is 2. The van der Waals surface area contributed by atoms with Crippen LogP contribution in [0.25, 0.3) is 0 Å². The SMILES string of the molecule is CCC(N)c1ccc(Sc2nc(C)c(C)o2)cn1. The topological polar surface area (TPSA) is 64.9 Å². The Kier molecular flexibility index (Phi) is 4.04. The molecule has 2 N–H and O–H groups in total. The summed E-state index contributed by atoms with van der Waals surface area (Å²) in [5, 5.41) is 0.652. The lowest BCUT2D eigenvalue weighted by atomic mass is 10.1. The van der Waals surface area contributed by atoms with Gasteiger partial charge in [-0.1, -0.05) is 6.92 Å². The van der Waals surface area contributed by atoms with Crippen LogP contribution in [0.5, 0.6) is 0 Å². The van der Waals surface area contributed by atoms with Gasteiger partial charge in [0.1, 0.15) is 5.76 Å². The average molecular weight is 263 g/mol. The van der Waals surface area contributed by atoms with Crippen molar-refractivity contribution in [3.63, 3.8) is 0 Å². The molecular weight excluding hydrogens is 246 g/mol. The van der Waals surface area contributed by atoms with E-state index in [0.29, 0.717) is 5.22 Å². The number of hydrogen-bond acceptors (Lipinski definition) is 5. The van der Waals surface area contributed by atoms with Crippen molar-refractivity contribution in [3.05, 3.63) is 35.5 Å². The Morgan fingerprint density at radius 1 is 1.39 bits per heavy atom. The maximum atomic E-state index is 5.92. The Balaban J connectivity index is 2.10. The minimum absolute atomic E-state index is 0.00952. The van der Waals surface area contributed by atoms with Gasteiger partial charge in [-0.2, -0.15) is 0 Å². The molecule has 0 fully saturated rings. The fourth-order valence-corrected chi connectivity index (χ4v) is 2.26. The van der Waals surface area contributed by atoms with Gasteiger partial charge in [-0.25, -0.2) is 4.98 Å². The summed E-state index contributed by atoms with van der Waals surface area (Å²) in [6.07, 6.45) is 2.70. The second-order valence-electron chi connectivity index (χ2n) is 4.16. The lowest BCUT2D eigenvalue weighted by molar-refractivity contribution is 0.431. The van der Waals surface area contributed by atoms with E-state index in [9.17, 15) is 0 Å². The van der Waals surface area contributed by atoms with Gasteiger partial charge in [-0.3, -0.25) is 4.98 Å². The van der Waals surface area contributed by atoms with E-state index in [0.717, 1.165) is 28.5 Å². The fourth-order valence-electron chi connectivity index (χ4n) is 1.47. The number of oxazole rings is 1. The summed E-state index contributed by atoms with van der Waals surface area (Å²) in [6.45, 7) is 5.89. The van der Waals surface area contributed by atoms with Crippen molar-refractivity contribution in [1.82, 2.24) is 9.97 Å². The van der Waals surface area contributed by atoms with E-state index in [1.807, 2.05) is 39.1 Å². The first kappa shape index (κ1) is 13.1. The Morgan fingerprint density at radius 2 is 2.17 bits per heavy atom. The Hall–Kier alpha value is -1.33. The van der Waals surface area contributed by atoms with Crippen LogP contribution < -0.4 is 5.73 Å². The maximum Gasteiger partial charge on any atom is 0.261 e. The van der Waals surface area contributed by atoms with Gasteiger partial charge < -0.3 is 10.2 Å². The number of hydrogen-bond donors (Lipinski definition) is 1. The van der Waals surface area contributed by atoms with Gasteiger partial charge in [0, 0.05) is 17.1 Å². The third kappa shape index (κ3) is 2.91. The molecule has 1 unspecified atom stereocenters. The first-order valence-electron chi connectivity index (χ1n) is 5.93. The molecule has 2 heterocycles. The summed E-state index contributed by atoms with van der Waals surface area (Å²) < 4.78 is 5.52. The summed E-state index contributed by atoms with van der Waals surface area (Å²) in [5.74, 6) is 0.857. The highest BCUT2D eigenvalue weighted by Crippen LogP contribution is 2.28. The largest absolute Gasteiger partial charge is 0.436 e. The average Bonchev–Trinajstić information content (AvgIpc) is 2.68. The number of rotatable bonds is 4. The van der Waals surface area contributed by atoms with Crippen molar-refractivity contribution in [2.75, 3.05) is 0 Å². The summed E-state index contributed by atoms with van der Waals surface area (Å²) in [4.78, 5) is 9.69. The molecule has 0 aliphatic heterocycles. The molecule has 0 amide bonds. The van der Waals surface area contributed by atoms with Crippen molar-refractivity contribution in [2.24, 2.45) is 5.73 Å². The summed E-state index contributed by atoms with van der Waals surface area (Å²) in [7, 11) is 0. The third-order valence-corrected chi connectivity index (χ3v) is 3.62. The number of aryl methyl sites for hydroxylation is 2. The van der Waals surface area contributed by atoms with Crippen LogP contribution >= 0.6 is 11.8 Å². The van der Waals surface area contributed by atoms with Crippen LogP contribution in [0.1, 0.15) is 36.5 Å².